The zero-order chi connectivity index (χ0) is 9.94. The van der Waals surface area contributed by atoms with Crippen molar-refractivity contribution in [2.45, 2.75) is 39.9 Å². The highest BCUT2D eigenvalue weighted by Crippen LogP contribution is 2.04. The second-order valence-electron chi connectivity index (χ2n) is 2.65. The molecule has 0 radical (unpaired) electrons. The minimum absolute atomic E-state index is 0.0398. The van der Waals surface area contributed by atoms with E-state index >= 15 is 0 Å². The van der Waals surface area contributed by atoms with Gasteiger partial charge in [-0.2, -0.15) is 0 Å². The standard InChI is InChI=1S/C10H21NO2/c1-4-11-9-7-8-10(12-5-2)13-6-3/h4,10H,5-9H2,1-3H3. The molecule has 0 aromatic heterocycles. The molecule has 0 unspecified atom stereocenters. The van der Waals surface area contributed by atoms with E-state index in [4.69, 9.17) is 9.47 Å². The van der Waals surface area contributed by atoms with Gasteiger partial charge in [-0.3, -0.25) is 4.99 Å². The fourth-order valence-corrected chi connectivity index (χ4v) is 1.06. The average molecular weight is 187 g/mol. The van der Waals surface area contributed by atoms with Crippen LogP contribution >= 0.6 is 0 Å². The summed E-state index contributed by atoms with van der Waals surface area (Å²) in [5.74, 6) is 0. The van der Waals surface area contributed by atoms with Crippen molar-refractivity contribution >= 4 is 6.21 Å². The van der Waals surface area contributed by atoms with Crippen molar-refractivity contribution in [3.8, 4) is 0 Å². The molecule has 0 bridgehead atoms. The lowest BCUT2D eigenvalue weighted by Crippen LogP contribution is -2.17. The van der Waals surface area contributed by atoms with E-state index in [1.54, 1.807) is 0 Å². The van der Waals surface area contributed by atoms with Crippen LogP contribution in [-0.2, 0) is 9.47 Å². The van der Waals surface area contributed by atoms with Gasteiger partial charge in [0.2, 0.25) is 0 Å². The number of aliphatic imine (C=N–C) groups is 1. The highest BCUT2D eigenvalue weighted by Gasteiger charge is 2.05. The van der Waals surface area contributed by atoms with Crippen molar-refractivity contribution < 1.29 is 9.47 Å². The summed E-state index contributed by atoms with van der Waals surface area (Å²) in [7, 11) is 0. The monoisotopic (exact) mass is 187 g/mol. The summed E-state index contributed by atoms with van der Waals surface area (Å²) in [6, 6.07) is 0. The molecule has 13 heavy (non-hydrogen) atoms. The lowest BCUT2D eigenvalue weighted by Gasteiger charge is -2.15. The molecule has 3 nitrogen and oxygen atoms in total. The van der Waals surface area contributed by atoms with Crippen molar-refractivity contribution in [1.82, 2.24) is 0 Å². The maximum atomic E-state index is 5.39. The Labute approximate surface area is 81.1 Å². The molecule has 0 aliphatic carbocycles. The molecule has 0 fully saturated rings. The molecule has 0 aliphatic heterocycles. The van der Waals surface area contributed by atoms with E-state index in [2.05, 4.69) is 4.99 Å². The predicted molar refractivity (Wildman–Crippen MR) is 55.3 cm³/mol. The van der Waals surface area contributed by atoms with Gasteiger partial charge in [-0.1, -0.05) is 0 Å². The van der Waals surface area contributed by atoms with Gasteiger partial charge in [0.15, 0.2) is 6.29 Å². The Bertz CT molecular complexity index is 120. The molecule has 0 N–H and O–H groups in total. The summed E-state index contributed by atoms with van der Waals surface area (Å²) in [4.78, 5) is 4.13. The fourth-order valence-electron chi connectivity index (χ4n) is 1.06. The number of hydrogen-bond acceptors (Lipinski definition) is 3. The van der Waals surface area contributed by atoms with E-state index in [1.165, 1.54) is 0 Å². The number of nitrogens with zero attached hydrogens (tertiary/aromatic N) is 1. The molecule has 0 atom stereocenters. The molecule has 0 aliphatic rings. The molecule has 0 amide bonds. The normalized spacial score (nSPS) is 11.7. The largest absolute Gasteiger partial charge is 0.353 e. The lowest BCUT2D eigenvalue weighted by molar-refractivity contribution is -0.139. The first-order valence-corrected chi connectivity index (χ1v) is 5.02. The van der Waals surface area contributed by atoms with Crippen LogP contribution < -0.4 is 0 Å². The first-order chi connectivity index (χ1) is 6.35. The molecule has 78 valence electrons. The second-order valence-corrected chi connectivity index (χ2v) is 2.65. The fraction of sp³-hybridized carbons (Fsp3) is 0.900. The summed E-state index contributed by atoms with van der Waals surface area (Å²) in [5, 5.41) is 0. The van der Waals surface area contributed by atoms with E-state index < -0.39 is 0 Å². The Morgan fingerprint density at radius 1 is 1.23 bits per heavy atom. The minimum atomic E-state index is -0.0398. The Morgan fingerprint density at radius 3 is 2.31 bits per heavy atom. The number of ether oxygens (including phenoxy) is 2. The molecule has 3 heteroatoms. The van der Waals surface area contributed by atoms with Crippen molar-refractivity contribution in [2.75, 3.05) is 19.8 Å². The zero-order valence-electron chi connectivity index (χ0n) is 8.95. The van der Waals surface area contributed by atoms with Crippen molar-refractivity contribution in [2.24, 2.45) is 4.99 Å². The van der Waals surface area contributed by atoms with Crippen LogP contribution in [-0.4, -0.2) is 32.3 Å². The second kappa shape index (κ2) is 9.68. The Hall–Kier alpha value is -0.410. The quantitative estimate of drug-likeness (QED) is 0.331. The maximum absolute atomic E-state index is 5.39. The SMILES string of the molecule is CC=NCCCC(OCC)OCC. The van der Waals surface area contributed by atoms with E-state index in [0.717, 1.165) is 19.4 Å². The smallest absolute Gasteiger partial charge is 0.157 e. The van der Waals surface area contributed by atoms with E-state index in [9.17, 15) is 0 Å². The summed E-state index contributed by atoms with van der Waals surface area (Å²) in [6.07, 6.45) is 3.74. The van der Waals surface area contributed by atoms with Gasteiger partial charge in [0, 0.05) is 26.2 Å². The zero-order valence-corrected chi connectivity index (χ0v) is 8.95. The molecule has 0 rings (SSSR count). The highest BCUT2D eigenvalue weighted by atomic mass is 16.7. The summed E-state index contributed by atoms with van der Waals surface area (Å²) in [6.45, 7) is 8.19. The van der Waals surface area contributed by atoms with Crippen LogP contribution in [0.3, 0.4) is 0 Å². The van der Waals surface area contributed by atoms with E-state index in [-0.39, 0.29) is 6.29 Å². The van der Waals surface area contributed by atoms with Crippen LogP contribution in [0.2, 0.25) is 0 Å². The molecule has 0 aromatic rings. The van der Waals surface area contributed by atoms with Crippen LogP contribution in [0.25, 0.3) is 0 Å². The van der Waals surface area contributed by atoms with Gasteiger partial charge in [0.1, 0.15) is 0 Å². The van der Waals surface area contributed by atoms with Gasteiger partial charge in [-0.15, -0.1) is 0 Å². The average Bonchev–Trinajstić information content (AvgIpc) is 2.13. The van der Waals surface area contributed by atoms with Crippen molar-refractivity contribution in [1.29, 1.82) is 0 Å². The predicted octanol–water partition coefficient (Wildman–Crippen LogP) is 2.26. The molecule has 0 heterocycles. The third-order valence-corrected chi connectivity index (χ3v) is 1.61. The number of rotatable bonds is 8. The van der Waals surface area contributed by atoms with Gasteiger partial charge in [0.25, 0.3) is 0 Å². The first-order valence-electron chi connectivity index (χ1n) is 5.02. The molecule has 0 spiro atoms. The maximum Gasteiger partial charge on any atom is 0.157 e. The van der Waals surface area contributed by atoms with Gasteiger partial charge < -0.3 is 9.47 Å². The summed E-state index contributed by atoms with van der Waals surface area (Å²) >= 11 is 0. The van der Waals surface area contributed by atoms with Crippen LogP contribution in [0.5, 0.6) is 0 Å². The summed E-state index contributed by atoms with van der Waals surface area (Å²) in [5.41, 5.74) is 0. The van der Waals surface area contributed by atoms with Crippen LogP contribution in [0.1, 0.15) is 33.6 Å². The Balaban J connectivity index is 3.43. The molecule has 0 saturated carbocycles. The molecular weight excluding hydrogens is 166 g/mol. The van der Waals surface area contributed by atoms with Crippen LogP contribution in [0.4, 0.5) is 0 Å². The Morgan fingerprint density at radius 2 is 1.85 bits per heavy atom. The lowest BCUT2D eigenvalue weighted by atomic mass is 10.3. The topological polar surface area (TPSA) is 30.8 Å². The minimum Gasteiger partial charge on any atom is -0.353 e. The van der Waals surface area contributed by atoms with Gasteiger partial charge in [-0.25, -0.2) is 0 Å². The van der Waals surface area contributed by atoms with Crippen LogP contribution in [0.15, 0.2) is 4.99 Å². The number of hydrogen-bond donors (Lipinski definition) is 0. The van der Waals surface area contributed by atoms with Crippen molar-refractivity contribution in [3.63, 3.8) is 0 Å². The van der Waals surface area contributed by atoms with Gasteiger partial charge in [-0.05, 0) is 33.4 Å². The molecule has 0 saturated heterocycles. The highest BCUT2D eigenvalue weighted by molar-refractivity contribution is 5.53. The van der Waals surface area contributed by atoms with Crippen molar-refractivity contribution in [3.05, 3.63) is 0 Å². The van der Waals surface area contributed by atoms with E-state index in [1.807, 2.05) is 27.0 Å². The van der Waals surface area contributed by atoms with Gasteiger partial charge in [0.05, 0.1) is 0 Å². The van der Waals surface area contributed by atoms with Gasteiger partial charge >= 0.3 is 0 Å². The first kappa shape index (κ1) is 12.6. The third kappa shape index (κ3) is 7.94. The van der Waals surface area contributed by atoms with Crippen LogP contribution in [0, 0.1) is 0 Å². The van der Waals surface area contributed by atoms with E-state index in [0.29, 0.717) is 13.2 Å². The molecular formula is C10H21NO2. The molecule has 0 aromatic carbocycles. The Kier molecular flexibility index (Phi) is 9.37. The third-order valence-electron chi connectivity index (χ3n) is 1.61. The summed E-state index contributed by atoms with van der Waals surface area (Å²) < 4.78 is 10.8.